The minimum absolute atomic E-state index is 0.333. The van der Waals surface area contributed by atoms with E-state index in [0.717, 1.165) is 0 Å². The molecule has 1 amide bonds. The molecule has 5 nitrogen and oxygen atoms in total. The van der Waals surface area contributed by atoms with E-state index in [2.05, 4.69) is 5.32 Å². The van der Waals surface area contributed by atoms with Gasteiger partial charge in [0, 0.05) is 15.6 Å². The van der Waals surface area contributed by atoms with E-state index in [-0.39, 0.29) is 0 Å². The van der Waals surface area contributed by atoms with Gasteiger partial charge in [-0.3, -0.25) is 4.79 Å². The third kappa shape index (κ3) is 4.06. The summed E-state index contributed by atoms with van der Waals surface area (Å²) in [6.07, 6.45) is 0. The molecule has 2 aromatic rings. The lowest BCUT2D eigenvalue weighted by Crippen LogP contribution is -2.40. The molecule has 0 saturated heterocycles. The van der Waals surface area contributed by atoms with E-state index in [1.165, 1.54) is 7.11 Å². The number of nitrogens with two attached hydrogens (primary N) is 1. The lowest BCUT2D eigenvalue weighted by molar-refractivity contribution is -0.145. The van der Waals surface area contributed by atoms with Crippen molar-refractivity contribution in [3.63, 3.8) is 0 Å². The molecule has 24 heavy (non-hydrogen) atoms. The minimum Gasteiger partial charge on any atom is -0.467 e. The Kier molecular flexibility index (Phi) is 6.20. The average molecular weight is 367 g/mol. The molecule has 0 saturated carbocycles. The van der Waals surface area contributed by atoms with Crippen molar-refractivity contribution in [1.29, 1.82) is 0 Å². The van der Waals surface area contributed by atoms with Crippen molar-refractivity contribution in [2.75, 3.05) is 7.11 Å². The van der Waals surface area contributed by atoms with E-state index in [4.69, 9.17) is 33.7 Å². The van der Waals surface area contributed by atoms with Crippen LogP contribution in [-0.2, 0) is 14.3 Å². The van der Waals surface area contributed by atoms with E-state index < -0.39 is 24.0 Å². The third-order valence-electron chi connectivity index (χ3n) is 3.46. The summed E-state index contributed by atoms with van der Waals surface area (Å²) in [4.78, 5) is 24.5. The van der Waals surface area contributed by atoms with Gasteiger partial charge in [-0.15, -0.1) is 0 Å². The van der Waals surface area contributed by atoms with Crippen LogP contribution in [0.1, 0.15) is 23.2 Å². The molecular weight excluding hydrogens is 351 g/mol. The molecule has 0 aliphatic rings. The zero-order valence-electron chi connectivity index (χ0n) is 12.8. The number of hydrogen-bond donors (Lipinski definition) is 2. The molecule has 0 bridgehead atoms. The van der Waals surface area contributed by atoms with Crippen molar-refractivity contribution in [2.24, 2.45) is 5.73 Å². The van der Waals surface area contributed by atoms with Crippen LogP contribution in [0, 0.1) is 0 Å². The highest BCUT2D eigenvalue weighted by Crippen LogP contribution is 2.26. The Labute approximate surface area is 149 Å². The molecule has 2 aromatic carbocycles. The highest BCUT2D eigenvalue weighted by molar-refractivity contribution is 6.32. The van der Waals surface area contributed by atoms with Crippen LogP contribution in [0.15, 0.2) is 48.5 Å². The zero-order chi connectivity index (χ0) is 17.7. The highest BCUT2D eigenvalue weighted by Gasteiger charge is 2.28. The second-order valence-electron chi connectivity index (χ2n) is 4.99. The van der Waals surface area contributed by atoms with Crippen molar-refractivity contribution in [2.45, 2.75) is 12.1 Å². The van der Waals surface area contributed by atoms with Gasteiger partial charge in [0.05, 0.1) is 7.11 Å². The number of halogens is 2. The molecule has 0 aliphatic heterocycles. The van der Waals surface area contributed by atoms with Gasteiger partial charge in [0.25, 0.3) is 0 Å². The minimum atomic E-state index is -1.07. The quantitative estimate of drug-likeness (QED) is 0.796. The number of carbonyl (C=O) groups excluding carboxylic acids is 2. The largest absolute Gasteiger partial charge is 0.467 e. The molecule has 2 rings (SSSR count). The van der Waals surface area contributed by atoms with E-state index >= 15 is 0 Å². The predicted octanol–water partition coefficient (Wildman–Crippen LogP) is 3.02. The molecule has 3 N–H and O–H groups in total. The maximum Gasteiger partial charge on any atom is 0.333 e. The number of benzene rings is 2. The predicted molar refractivity (Wildman–Crippen MR) is 92.7 cm³/mol. The summed E-state index contributed by atoms with van der Waals surface area (Å²) in [7, 11) is 1.23. The van der Waals surface area contributed by atoms with Crippen molar-refractivity contribution in [3.05, 3.63) is 69.7 Å². The number of methoxy groups -OCH3 is 1. The molecule has 2 unspecified atom stereocenters. The van der Waals surface area contributed by atoms with E-state index in [0.29, 0.717) is 21.2 Å². The van der Waals surface area contributed by atoms with Gasteiger partial charge >= 0.3 is 5.97 Å². The SMILES string of the molecule is COC(=O)C(NC(=O)C(N)c1ccccc1Cl)c1ccccc1Cl. The first-order valence-electron chi connectivity index (χ1n) is 7.08. The van der Waals surface area contributed by atoms with Crippen LogP contribution in [0.2, 0.25) is 10.0 Å². The zero-order valence-corrected chi connectivity index (χ0v) is 14.3. The number of ether oxygens (including phenoxy) is 1. The van der Waals surface area contributed by atoms with Crippen molar-refractivity contribution in [1.82, 2.24) is 5.32 Å². The van der Waals surface area contributed by atoms with Gasteiger partial charge in [0.15, 0.2) is 6.04 Å². The van der Waals surface area contributed by atoms with Crippen LogP contribution < -0.4 is 11.1 Å². The number of rotatable bonds is 5. The number of amides is 1. The Bertz CT molecular complexity index is 752. The van der Waals surface area contributed by atoms with Crippen LogP contribution in [0.3, 0.4) is 0 Å². The maximum absolute atomic E-state index is 12.5. The monoisotopic (exact) mass is 366 g/mol. The maximum atomic E-state index is 12.5. The van der Waals surface area contributed by atoms with Gasteiger partial charge in [-0.25, -0.2) is 4.79 Å². The molecule has 0 radical (unpaired) electrons. The van der Waals surface area contributed by atoms with Gasteiger partial charge in [0.1, 0.15) is 6.04 Å². The fourth-order valence-corrected chi connectivity index (χ4v) is 2.69. The van der Waals surface area contributed by atoms with Gasteiger partial charge < -0.3 is 15.8 Å². The lowest BCUT2D eigenvalue weighted by atomic mass is 10.0. The molecular formula is C17H16Cl2N2O3. The Balaban J connectivity index is 2.27. The Morgan fingerprint density at radius 3 is 2.00 bits per heavy atom. The summed E-state index contributed by atoms with van der Waals surface area (Å²) in [6, 6.07) is 11.3. The Morgan fingerprint density at radius 1 is 1.00 bits per heavy atom. The van der Waals surface area contributed by atoms with Crippen LogP contribution in [-0.4, -0.2) is 19.0 Å². The van der Waals surface area contributed by atoms with Crippen LogP contribution in [0.4, 0.5) is 0 Å². The number of esters is 1. The van der Waals surface area contributed by atoms with Gasteiger partial charge in [0.2, 0.25) is 5.91 Å². The van der Waals surface area contributed by atoms with Gasteiger partial charge in [-0.05, 0) is 17.7 Å². The first-order valence-corrected chi connectivity index (χ1v) is 7.84. The van der Waals surface area contributed by atoms with Crippen LogP contribution >= 0.6 is 23.2 Å². The summed E-state index contributed by atoms with van der Waals surface area (Å²) >= 11 is 12.2. The van der Waals surface area contributed by atoms with E-state index in [9.17, 15) is 9.59 Å². The van der Waals surface area contributed by atoms with E-state index in [1.807, 2.05) is 0 Å². The lowest BCUT2D eigenvalue weighted by Gasteiger charge is -2.21. The number of carbonyl (C=O) groups is 2. The van der Waals surface area contributed by atoms with Crippen molar-refractivity contribution < 1.29 is 14.3 Å². The Hall–Kier alpha value is -2.08. The smallest absolute Gasteiger partial charge is 0.333 e. The topological polar surface area (TPSA) is 81.4 Å². The number of hydrogen-bond acceptors (Lipinski definition) is 4. The molecule has 0 heterocycles. The average Bonchev–Trinajstić information content (AvgIpc) is 2.59. The first kappa shape index (κ1) is 18.3. The normalized spacial score (nSPS) is 13.0. The fourth-order valence-electron chi connectivity index (χ4n) is 2.19. The summed E-state index contributed by atoms with van der Waals surface area (Å²) in [5, 5.41) is 3.27. The fraction of sp³-hybridized carbons (Fsp3) is 0.176. The molecule has 0 aromatic heterocycles. The van der Waals surface area contributed by atoms with Gasteiger partial charge in [-0.1, -0.05) is 59.6 Å². The number of nitrogens with one attached hydrogen (secondary N) is 1. The summed E-state index contributed by atoms with van der Waals surface area (Å²) in [5.74, 6) is -1.22. The van der Waals surface area contributed by atoms with Crippen molar-refractivity contribution >= 4 is 35.1 Å². The summed E-state index contributed by atoms with van der Waals surface area (Å²) < 4.78 is 4.75. The third-order valence-corrected chi connectivity index (χ3v) is 4.15. The molecule has 126 valence electrons. The van der Waals surface area contributed by atoms with Crippen LogP contribution in [0.5, 0.6) is 0 Å². The second kappa shape index (κ2) is 8.15. The second-order valence-corrected chi connectivity index (χ2v) is 5.80. The van der Waals surface area contributed by atoms with Crippen molar-refractivity contribution in [3.8, 4) is 0 Å². The summed E-state index contributed by atoms with van der Waals surface area (Å²) in [6.45, 7) is 0. The molecule has 2 atom stereocenters. The first-order chi connectivity index (χ1) is 11.5. The molecule has 0 spiro atoms. The van der Waals surface area contributed by atoms with Crippen LogP contribution in [0.25, 0.3) is 0 Å². The van der Waals surface area contributed by atoms with Gasteiger partial charge in [-0.2, -0.15) is 0 Å². The van der Waals surface area contributed by atoms with E-state index in [1.54, 1.807) is 48.5 Å². The molecule has 0 fully saturated rings. The highest BCUT2D eigenvalue weighted by atomic mass is 35.5. The molecule has 7 heteroatoms. The molecule has 0 aliphatic carbocycles. The standard InChI is InChI=1S/C17H16Cl2N2O3/c1-24-17(23)15(11-7-3-5-9-13(11)19)21-16(22)14(20)10-6-2-4-8-12(10)18/h2-9,14-15H,20H2,1H3,(H,21,22). The summed E-state index contributed by atoms with van der Waals surface area (Å²) in [5.41, 5.74) is 6.84. The Morgan fingerprint density at radius 2 is 1.50 bits per heavy atom.